The van der Waals surface area contributed by atoms with Crippen molar-refractivity contribution in [3.63, 3.8) is 0 Å². The van der Waals surface area contributed by atoms with E-state index in [1.54, 1.807) is 17.7 Å². The zero-order valence-corrected chi connectivity index (χ0v) is 8.09. The van der Waals surface area contributed by atoms with Gasteiger partial charge >= 0.3 is 5.97 Å². The van der Waals surface area contributed by atoms with E-state index in [1.807, 2.05) is 13.8 Å². The van der Waals surface area contributed by atoms with Gasteiger partial charge in [0.15, 0.2) is 0 Å². The van der Waals surface area contributed by atoms with Crippen LogP contribution in [0.2, 0.25) is 0 Å². The van der Waals surface area contributed by atoms with Gasteiger partial charge in [0.25, 0.3) is 0 Å². The van der Waals surface area contributed by atoms with Crippen LogP contribution < -0.4 is 0 Å². The highest BCUT2D eigenvalue weighted by atomic mass is 16.4. The van der Waals surface area contributed by atoms with Gasteiger partial charge in [-0.3, -0.25) is 0 Å². The molecule has 0 amide bonds. The van der Waals surface area contributed by atoms with Crippen LogP contribution in [0.4, 0.5) is 0 Å². The summed E-state index contributed by atoms with van der Waals surface area (Å²) >= 11 is 0. The molecule has 3 nitrogen and oxygen atoms in total. The van der Waals surface area contributed by atoms with E-state index in [4.69, 9.17) is 5.11 Å². The van der Waals surface area contributed by atoms with E-state index < -0.39 is 5.97 Å². The lowest BCUT2D eigenvalue weighted by Crippen LogP contribution is -2.05. The maximum atomic E-state index is 10.8. The summed E-state index contributed by atoms with van der Waals surface area (Å²) in [7, 11) is 1.74. The Bertz CT molecular complexity index is 375. The third-order valence-electron chi connectivity index (χ3n) is 2.05. The van der Waals surface area contributed by atoms with Gasteiger partial charge in [0.1, 0.15) is 5.69 Å². The quantitative estimate of drug-likeness (QED) is 0.755. The Balaban J connectivity index is 3.39. The van der Waals surface area contributed by atoms with Crippen molar-refractivity contribution >= 4 is 11.5 Å². The molecule has 0 fully saturated rings. The summed E-state index contributed by atoms with van der Waals surface area (Å²) in [6.45, 7) is 7.56. The highest BCUT2D eigenvalue weighted by Gasteiger charge is 2.14. The first-order chi connectivity index (χ1) is 5.95. The number of allylic oxidation sites excluding steroid dienone is 1. The van der Waals surface area contributed by atoms with Crippen molar-refractivity contribution in [2.75, 3.05) is 0 Å². The molecular formula is C10H13NO2. The molecule has 1 rings (SSSR count). The van der Waals surface area contributed by atoms with Crippen LogP contribution in [0.3, 0.4) is 0 Å². The SMILES string of the molecule is C=C(C)c1c(C)cc(C(=O)O)n1C. The zero-order valence-electron chi connectivity index (χ0n) is 8.09. The third kappa shape index (κ3) is 1.49. The van der Waals surface area contributed by atoms with Gasteiger partial charge in [0.2, 0.25) is 0 Å². The molecule has 0 atom stereocenters. The van der Waals surface area contributed by atoms with Gasteiger partial charge in [-0.15, -0.1) is 0 Å². The van der Waals surface area contributed by atoms with E-state index in [0.717, 1.165) is 16.8 Å². The number of nitrogens with zero attached hydrogens (tertiary/aromatic N) is 1. The highest BCUT2D eigenvalue weighted by molar-refractivity contribution is 5.87. The van der Waals surface area contributed by atoms with Crippen LogP contribution in [-0.4, -0.2) is 15.6 Å². The summed E-state index contributed by atoms with van der Waals surface area (Å²) in [5.74, 6) is -0.905. The normalized spacial score (nSPS) is 10.1. The van der Waals surface area contributed by atoms with Crippen LogP contribution in [-0.2, 0) is 7.05 Å². The standard InChI is InChI=1S/C10H13NO2/c1-6(2)9-7(3)5-8(10(12)13)11(9)4/h5H,1H2,2-4H3,(H,12,13). The number of carbonyl (C=O) groups is 1. The van der Waals surface area contributed by atoms with E-state index in [0.29, 0.717) is 5.69 Å². The second-order valence-electron chi connectivity index (χ2n) is 3.21. The minimum atomic E-state index is -0.905. The molecule has 0 radical (unpaired) electrons. The number of carboxylic acid groups (broad SMARTS) is 1. The third-order valence-corrected chi connectivity index (χ3v) is 2.05. The number of hydrogen-bond acceptors (Lipinski definition) is 1. The molecule has 0 saturated carbocycles. The maximum absolute atomic E-state index is 10.8. The number of aryl methyl sites for hydroxylation is 1. The maximum Gasteiger partial charge on any atom is 0.352 e. The Hall–Kier alpha value is -1.51. The predicted molar refractivity (Wildman–Crippen MR) is 51.8 cm³/mol. The van der Waals surface area contributed by atoms with E-state index in [1.165, 1.54) is 0 Å². The second kappa shape index (κ2) is 3.09. The molecule has 70 valence electrons. The first kappa shape index (κ1) is 9.58. The molecule has 0 unspecified atom stereocenters. The monoisotopic (exact) mass is 179 g/mol. The molecule has 1 aromatic heterocycles. The van der Waals surface area contributed by atoms with Gasteiger partial charge in [-0.05, 0) is 31.1 Å². The molecule has 0 aromatic carbocycles. The molecule has 0 aliphatic rings. The Morgan fingerprint density at radius 2 is 2.15 bits per heavy atom. The van der Waals surface area contributed by atoms with Crippen molar-refractivity contribution in [3.8, 4) is 0 Å². The molecule has 0 spiro atoms. The summed E-state index contributed by atoms with van der Waals surface area (Å²) in [6, 6.07) is 1.66. The fourth-order valence-electron chi connectivity index (χ4n) is 1.58. The van der Waals surface area contributed by atoms with Crippen LogP contribution in [0, 0.1) is 6.92 Å². The summed E-state index contributed by atoms with van der Waals surface area (Å²) in [6.07, 6.45) is 0. The lowest BCUT2D eigenvalue weighted by molar-refractivity contribution is 0.0686. The molecule has 13 heavy (non-hydrogen) atoms. The lowest BCUT2D eigenvalue weighted by Gasteiger charge is -2.04. The van der Waals surface area contributed by atoms with Crippen molar-refractivity contribution in [3.05, 3.63) is 29.6 Å². The summed E-state index contributed by atoms with van der Waals surface area (Å²) in [5.41, 5.74) is 3.04. The number of aromatic carboxylic acids is 1. The molecule has 0 bridgehead atoms. The molecule has 0 aliphatic heterocycles. The number of hydrogen-bond donors (Lipinski definition) is 1. The molecule has 3 heteroatoms. The fourth-order valence-corrected chi connectivity index (χ4v) is 1.58. The Kier molecular flexibility index (Phi) is 2.28. The van der Waals surface area contributed by atoms with Crippen molar-refractivity contribution in [1.29, 1.82) is 0 Å². The molecule has 1 N–H and O–H groups in total. The van der Waals surface area contributed by atoms with Crippen molar-refractivity contribution < 1.29 is 9.90 Å². The summed E-state index contributed by atoms with van der Waals surface area (Å²) in [4.78, 5) is 10.8. The summed E-state index contributed by atoms with van der Waals surface area (Å²) in [5, 5.41) is 8.83. The Morgan fingerprint density at radius 1 is 1.62 bits per heavy atom. The number of carboxylic acids is 1. The van der Waals surface area contributed by atoms with Crippen molar-refractivity contribution in [2.45, 2.75) is 13.8 Å². The van der Waals surface area contributed by atoms with Crippen LogP contribution in [0.15, 0.2) is 12.6 Å². The van der Waals surface area contributed by atoms with E-state index in [2.05, 4.69) is 6.58 Å². The van der Waals surface area contributed by atoms with Gasteiger partial charge in [-0.2, -0.15) is 0 Å². The minimum absolute atomic E-state index is 0.301. The fraction of sp³-hybridized carbons (Fsp3) is 0.300. The molecule has 1 heterocycles. The molecule has 0 saturated heterocycles. The zero-order chi connectivity index (χ0) is 10.2. The lowest BCUT2D eigenvalue weighted by atomic mass is 10.2. The predicted octanol–water partition coefficient (Wildman–Crippen LogP) is 2.06. The first-order valence-electron chi connectivity index (χ1n) is 4.00. The van der Waals surface area contributed by atoms with Gasteiger partial charge < -0.3 is 9.67 Å². The van der Waals surface area contributed by atoms with Gasteiger partial charge in [-0.25, -0.2) is 4.79 Å². The number of aromatic nitrogens is 1. The van der Waals surface area contributed by atoms with Crippen LogP contribution >= 0.6 is 0 Å². The van der Waals surface area contributed by atoms with Gasteiger partial charge in [0, 0.05) is 12.7 Å². The minimum Gasteiger partial charge on any atom is -0.477 e. The van der Waals surface area contributed by atoms with Crippen LogP contribution in [0.1, 0.15) is 28.7 Å². The van der Waals surface area contributed by atoms with Crippen molar-refractivity contribution in [1.82, 2.24) is 4.57 Å². The van der Waals surface area contributed by atoms with E-state index in [-0.39, 0.29) is 0 Å². The highest BCUT2D eigenvalue weighted by Crippen LogP contribution is 2.20. The number of rotatable bonds is 2. The van der Waals surface area contributed by atoms with Crippen molar-refractivity contribution in [2.24, 2.45) is 7.05 Å². The molecule has 0 aliphatic carbocycles. The van der Waals surface area contributed by atoms with Crippen LogP contribution in [0.25, 0.3) is 5.57 Å². The largest absolute Gasteiger partial charge is 0.477 e. The van der Waals surface area contributed by atoms with Crippen LogP contribution in [0.5, 0.6) is 0 Å². The van der Waals surface area contributed by atoms with E-state index >= 15 is 0 Å². The Morgan fingerprint density at radius 3 is 2.38 bits per heavy atom. The molecular weight excluding hydrogens is 166 g/mol. The smallest absolute Gasteiger partial charge is 0.352 e. The second-order valence-corrected chi connectivity index (χ2v) is 3.21. The molecule has 1 aromatic rings. The van der Waals surface area contributed by atoms with Gasteiger partial charge in [0.05, 0.1) is 0 Å². The van der Waals surface area contributed by atoms with Gasteiger partial charge in [-0.1, -0.05) is 6.58 Å². The topological polar surface area (TPSA) is 42.2 Å². The average Bonchev–Trinajstić information content (AvgIpc) is 2.26. The first-order valence-corrected chi connectivity index (χ1v) is 4.00. The Labute approximate surface area is 77.3 Å². The average molecular weight is 179 g/mol. The van der Waals surface area contributed by atoms with E-state index in [9.17, 15) is 4.79 Å². The summed E-state index contributed by atoms with van der Waals surface area (Å²) < 4.78 is 1.65.